The Labute approximate surface area is 405 Å². The quantitative estimate of drug-likeness (QED) is 0.0382. The summed E-state index contributed by atoms with van der Waals surface area (Å²) >= 11 is 0. The van der Waals surface area contributed by atoms with Gasteiger partial charge in [-0.15, -0.1) is 0 Å². The molecule has 21 nitrogen and oxygen atoms in total. The van der Waals surface area contributed by atoms with Crippen LogP contribution in [0.5, 0.6) is 11.5 Å². The number of cyclic esters (lactones) is 2. The fourth-order valence-electron chi connectivity index (χ4n) is 7.47. The summed E-state index contributed by atoms with van der Waals surface area (Å²) in [6.07, 6.45) is -0.678. The molecule has 3 saturated heterocycles. The molecule has 4 aromatic carbocycles. The normalized spacial score (nSPS) is 17.1. The second kappa shape index (κ2) is 24.2. The molecule has 0 aromatic heterocycles. The minimum absolute atomic E-state index is 0.0438. The second-order valence-electron chi connectivity index (χ2n) is 16.1. The molecule has 7 rings (SSSR count). The summed E-state index contributed by atoms with van der Waals surface area (Å²) in [4.78, 5) is 68.5. The molecule has 0 saturated carbocycles. The van der Waals surface area contributed by atoms with Crippen molar-refractivity contribution in [2.75, 3.05) is 95.8 Å². The van der Waals surface area contributed by atoms with Crippen molar-refractivity contribution in [1.82, 2.24) is 20.4 Å². The molecular formula is C48H56N8O13S. The van der Waals surface area contributed by atoms with E-state index >= 15 is 0 Å². The van der Waals surface area contributed by atoms with Crippen molar-refractivity contribution in [2.45, 2.75) is 25.6 Å². The van der Waals surface area contributed by atoms with Crippen LogP contribution in [0.15, 0.2) is 97.1 Å². The first-order chi connectivity index (χ1) is 33.5. The SMILES string of the molecule is CCOC(=O)CCN1CCN(CC2CN(c3ccc(C(=N)NC(=O)c4cccc(OC)c4)cc3)C(=O)O2)CC1.COc1cccc(C(=O)NC(=N)c2ccc(N3CC(COS(C)(=O)=O)OC3=O)cc2)c1. The largest absolute Gasteiger partial charge is 0.497 e. The van der Waals surface area contributed by atoms with Gasteiger partial charge in [-0.05, 0) is 91.9 Å². The number of piperazine rings is 1. The Kier molecular flexibility index (Phi) is 18.0. The number of methoxy groups -OCH3 is 2. The van der Waals surface area contributed by atoms with Crippen LogP contribution in [0, 0.1) is 10.8 Å². The second-order valence-corrected chi connectivity index (χ2v) is 17.8. The van der Waals surface area contributed by atoms with Crippen LogP contribution < -0.4 is 29.9 Å². The van der Waals surface area contributed by atoms with Crippen molar-refractivity contribution in [3.63, 3.8) is 0 Å². The van der Waals surface area contributed by atoms with E-state index in [9.17, 15) is 32.4 Å². The highest BCUT2D eigenvalue weighted by atomic mass is 32.2. The molecule has 2 atom stereocenters. The number of nitrogens with zero attached hydrogens (tertiary/aromatic N) is 4. The number of esters is 1. The van der Waals surface area contributed by atoms with E-state index in [1.807, 2.05) is 6.92 Å². The molecule has 22 heteroatoms. The predicted octanol–water partition coefficient (Wildman–Crippen LogP) is 4.10. The van der Waals surface area contributed by atoms with Crippen molar-refractivity contribution in [2.24, 2.45) is 0 Å². The van der Waals surface area contributed by atoms with Gasteiger partial charge in [0.25, 0.3) is 21.9 Å². The van der Waals surface area contributed by atoms with Crippen LogP contribution >= 0.6 is 0 Å². The lowest BCUT2D eigenvalue weighted by Crippen LogP contribution is -2.49. The van der Waals surface area contributed by atoms with E-state index in [1.54, 1.807) is 102 Å². The molecule has 4 amide bonds. The van der Waals surface area contributed by atoms with Crippen LogP contribution in [0.1, 0.15) is 45.2 Å². The fourth-order valence-corrected chi connectivity index (χ4v) is 7.87. The average molecular weight is 985 g/mol. The number of amidine groups is 2. The lowest BCUT2D eigenvalue weighted by Gasteiger charge is -2.35. The number of ether oxygens (including phenoxy) is 5. The molecule has 3 aliphatic rings. The lowest BCUT2D eigenvalue weighted by atomic mass is 10.1. The maximum Gasteiger partial charge on any atom is 0.414 e. The van der Waals surface area contributed by atoms with Crippen molar-refractivity contribution in [3.05, 3.63) is 119 Å². The zero-order valence-electron chi connectivity index (χ0n) is 39.2. The van der Waals surface area contributed by atoms with Crippen LogP contribution in [0.3, 0.4) is 0 Å². The molecule has 70 heavy (non-hydrogen) atoms. The molecule has 0 bridgehead atoms. The number of nitrogens with one attached hydrogen (secondary N) is 4. The van der Waals surface area contributed by atoms with Crippen molar-refractivity contribution >= 4 is 63.1 Å². The van der Waals surface area contributed by atoms with Gasteiger partial charge in [-0.3, -0.25) is 44.1 Å². The van der Waals surface area contributed by atoms with Crippen LogP contribution in [0.2, 0.25) is 0 Å². The summed E-state index contributed by atoms with van der Waals surface area (Å²) < 4.78 is 52.8. The van der Waals surface area contributed by atoms with Gasteiger partial charge in [0.2, 0.25) is 0 Å². The van der Waals surface area contributed by atoms with E-state index < -0.39 is 40.2 Å². The number of benzene rings is 4. The van der Waals surface area contributed by atoms with E-state index in [0.29, 0.717) is 77.8 Å². The molecule has 3 aliphatic heterocycles. The highest BCUT2D eigenvalue weighted by Crippen LogP contribution is 2.25. The summed E-state index contributed by atoms with van der Waals surface area (Å²) in [5.41, 5.74) is 2.86. The molecule has 0 aliphatic carbocycles. The van der Waals surface area contributed by atoms with Crippen LogP contribution in [0.25, 0.3) is 0 Å². The molecule has 0 radical (unpaired) electrons. The standard InChI is InChI=1S/C28H35N5O6.C20H21N3O7S/c1-3-38-25(34)11-12-31-13-15-32(16-14-31)18-24-19-33(28(36)39-24)22-9-7-20(8-10-22)26(29)30-27(35)21-5-4-6-23(17-21)37-2;1-28-16-5-3-4-14(10-16)19(24)22-18(21)13-6-8-15(9-7-13)23-11-17(30-20(23)25)12-29-31(2,26)27/h4-10,17,24H,3,11-16,18-19H2,1-2H3,(H2,29,30,35);3-10,17H,11-12H2,1-2H3,(H2,21,22,24). The summed E-state index contributed by atoms with van der Waals surface area (Å²) in [5.74, 6) is -0.0938. The zero-order valence-corrected chi connectivity index (χ0v) is 40.0. The van der Waals surface area contributed by atoms with E-state index in [0.717, 1.165) is 32.4 Å². The number of carbonyl (C=O) groups is 5. The number of hydrogen-bond acceptors (Lipinski definition) is 17. The Hall–Kier alpha value is -7.40. The van der Waals surface area contributed by atoms with Crippen molar-refractivity contribution in [1.29, 1.82) is 10.8 Å². The summed E-state index contributed by atoms with van der Waals surface area (Å²) in [5, 5.41) is 21.5. The smallest absolute Gasteiger partial charge is 0.414 e. The third kappa shape index (κ3) is 14.8. The van der Waals surface area contributed by atoms with Crippen LogP contribution in [0.4, 0.5) is 21.0 Å². The monoisotopic (exact) mass is 984 g/mol. The minimum atomic E-state index is -3.64. The number of amides is 4. The van der Waals surface area contributed by atoms with Gasteiger partial charge in [0.05, 0.1) is 46.6 Å². The van der Waals surface area contributed by atoms with E-state index in [-0.39, 0.29) is 36.9 Å². The number of anilines is 2. The average Bonchev–Trinajstić information content (AvgIpc) is 3.93. The first-order valence-electron chi connectivity index (χ1n) is 22.2. The Morgan fingerprint density at radius 2 is 1.13 bits per heavy atom. The molecule has 4 aromatic rings. The van der Waals surface area contributed by atoms with Crippen molar-refractivity contribution in [3.8, 4) is 11.5 Å². The highest BCUT2D eigenvalue weighted by Gasteiger charge is 2.35. The van der Waals surface area contributed by atoms with Gasteiger partial charge in [-0.25, -0.2) is 9.59 Å². The molecule has 2 unspecified atom stereocenters. The third-order valence-corrected chi connectivity index (χ3v) is 11.7. The molecule has 3 heterocycles. The Morgan fingerprint density at radius 3 is 1.59 bits per heavy atom. The molecule has 0 spiro atoms. The zero-order chi connectivity index (χ0) is 50.4. The van der Waals surface area contributed by atoms with Gasteiger partial charge in [-0.2, -0.15) is 8.42 Å². The first kappa shape index (κ1) is 52.0. The van der Waals surface area contributed by atoms with Gasteiger partial charge >= 0.3 is 18.2 Å². The number of rotatable bonds is 17. The van der Waals surface area contributed by atoms with E-state index in [1.165, 1.54) is 19.1 Å². The first-order valence-corrected chi connectivity index (χ1v) is 24.0. The van der Waals surface area contributed by atoms with E-state index in [2.05, 4.69) is 24.6 Å². The maximum atomic E-state index is 12.6. The summed E-state index contributed by atoms with van der Waals surface area (Å²) in [6, 6.07) is 26.5. The van der Waals surface area contributed by atoms with Crippen molar-refractivity contribution < 1.29 is 60.3 Å². The maximum absolute atomic E-state index is 12.6. The molecule has 4 N–H and O–H groups in total. The lowest BCUT2D eigenvalue weighted by molar-refractivity contribution is -0.143. The van der Waals surface area contributed by atoms with Crippen LogP contribution in [-0.4, -0.2) is 158 Å². The number of carbonyl (C=O) groups excluding carboxylic acids is 5. The molecule has 3 fully saturated rings. The van der Waals surface area contributed by atoms with Gasteiger partial charge in [-0.1, -0.05) is 12.1 Å². The van der Waals surface area contributed by atoms with Gasteiger partial charge in [0.15, 0.2) is 0 Å². The molecular weight excluding hydrogens is 929 g/mol. The van der Waals surface area contributed by atoms with Gasteiger partial charge in [0.1, 0.15) is 42.0 Å². The Morgan fingerprint density at radius 1 is 0.671 bits per heavy atom. The van der Waals surface area contributed by atoms with Crippen LogP contribution in [-0.2, 0) is 33.3 Å². The van der Waals surface area contributed by atoms with Gasteiger partial charge in [0, 0.05) is 72.9 Å². The highest BCUT2D eigenvalue weighted by molar-refractivity contribution is 7.86. The van der Waals surface area contributed by atoms with Gasteiger partial charge < -0.3 is 39.2 Å². The van der Waals surface area contributed by atoms with E-state index in [4.69, 9.17) is 34.5 Å². The number of hydrogen-bond donors (Lipinski definition) is 4. The summed E-state index contributed by atoms with van der Waals surface area (Å²) in [7, 11) is -0.612. The Bertz CT molecular complexity index is 2640. The Balaban J connectivity index is 0.000000236. The third-order valence-electron chi connectivity index (χ3n) is 11.2. The predicted molar refractivity (Wildman–Crippen MR) is 258 cm³/mol. The fraction of sp³-hybridized carbons (Fsp3) is 0.354. The molecule has 372 valence electrons. The summed E-state index contributed by atoms with van der Waals surface area (Å²) in [6.45, 7) is 7.23. The topological polar surface area (TPSA) is 260 Å². The minimum Gasteiger partial charge on any atom is -0.497 e.